The van der Waals surface area contributed by atoms with Crippen LogP contribution in [0.1, 0.15) is 36.3 Å². The Balaban J connectivity index is 1.98. The minimum atomic E-state index is -0.551. The van der Waals surface area contributed by atoms with Gasteiger partial charge in [0.2, 0.25) is 5.91 Å². The van der Waals surface area contributed by atoms with Crippen LogP contribution < -0.4 is 20.1 Å². The van der Waals surface area contributed by atoms with Gasteiger partial charge in [0, 0.05) is 12.5 Å². The number of hydrogen-bond donors (Lipinski definition) is 2. The molecule has 0 saturated heterocycles. The lowest BCUT2D eigenvalue weighted by Crippen LogP contribution is -2.43. The number of benzene rings is 2. The van der Waals surface area contributed by atoms with Gasteiger partial charge in [-0.25, -0.2) is 4.68 Å². The van der Waals surface area contributed by atoms with E-state index in [9.17, 15) is 14.4 Å². The second-order valence-corrected chi connectivity index (χ2v) is 9.08. The molecule has 10 heteroatoms. The number of carbonyl (C=O) groups excluding carboxylic acids is 3. The van der Waals surface area contributed by atoms with Gasteiger partial charge in [0.25, 0.3) is 5.91 Å². The zero-order valence-corrected chi connectivity index (χ0v) is 22.5. The summed E-state index contributed by atoms with van der Waals surface area (Å²) in [4.78, 5) is 37.1. The van der Waals surface area contributed by atoms with Crippen molar-refractivity contribution in [2.75, 3.05) is 27.9 Å². The lowest BCUT2D eigenvalue weighted by molar-refractivity contribution is -0.141. The van der Waals surface area contributed by atoms with Gasteiger partial charge in [-0.1, -0.05) is 37.6 Å². The van der Waals surface area contributed by atoms with E-state index in [1.54, 1.807) is 25.0 Å². The number of amides is 2. The summed E-state index contributed by atoms with van der Waals surface area (Å²) in [6.45, 7) is 5.55. The average molecular weight is 523 g/mol. The highest BCUT2D eigenvalue weighted by Gasteiger charge is 2.25. The quantitative estimate of drug-likeness (QED) is 0.371. The average Bonchev–Trinajstić information content (AvgIpc) is 3.36. The molecular formula is C28H34N4O6. The fraction of sp³-hybridized carbons (Fsp3) is 0.357. The number of ether oxygens (including phenoxy) is 3. The number of esters is 1. The summed E-state index contributed by atoms with van der Waals surface area (Å²) in [5.74, 6) is -0.302. The van der Waals surface area contributed by atoms with Crippen molar-refractivity contribution in [3.63, 3.8) is 0 Å². The minimum Gasteiger partial charge on any atom is -0.496 e. The van der Waals surface area contributed by atoms with E-state index in [2.05, 4.69) is 20.5 Å². The Morgan fingerprint density at radius 3 is 2.16 bits per heavy atom. The van der Waals surface area contributed by atoms with Crippen molar-refractivity contribution in [2.45, 2.75) is 33.2 Å². The summed E-state index contributed by atoms with van der Waals surface area (Å²) in [5, 5.41) is 10.1. The number of rotatable bonds is 11. The number of aromatic nitrogens is 2. The van der Waals surface area contributed by atoms with Gasteiger partial charge in [-0.2, -0.15) is 5.10 Å². The standard InChI is InChI=1S/C28H34N4O6/c1-17(2)20(15-25(33)29-16-26(34)38-6)30-28(35)21-14-22(27-23(36-4)8-7-9-24(27)37-5)32(31-21)19-12-10-18(3)11-13-19/h7-14,17,20H,15-16H2,1-6H3,(H,29,33)(H,30,35). The van der Waals surface area contributed by atoms with Crippen LogP contribution in [0.3, 0.4) is 0 Å². The second-order valence-electron chi connectivity index (χ2n) is 9.08. The molecule has 202 valence electrons. The summed E-state index contributed by atoms with van der Waals surface area (Å²) in [7, 11) is 4.38. The Morgan fingerprint density at radius 2 is 1.61 bits per heavy atom. The van der Waals surface area contributed by atoms with E-state index < -0.39 is 17.9 Å². The molecule has 0 bridgehead atoms. The van der Waals surface area contributed by atoms with Crippen LogP contribution in [0.5, 0.6) is 11.5 Å². The Bertz CT molecular complexity index is 1260. The number of nitrogens with zero attached hydrogens (tertiary/aromatic N) is 2. The molecule has 1 unspecified atom stereocenters. The lowest BCUT2D eigenvalue weighted by Gasteiger charge is -2.21. The number of methoxy groups -OCH3 is 3. The van der Waals surface area contributed by atoms with Crippen molar-refractivity contribution in [1.29, 1.82) is 0 Å². The minimum absolute atomic E-state index is 0.00768. The van der Waals surface area contributed by atoms with Crippen molar-refractivity contribution in [3.8, 4) is 28.4 Å². The molecule has 1 heterocycles. The van der Waals surface area contributed by atoms with Gasteiger partial charge in [-0.05, 0) is 43.2 Å². The Labute approximate surface area is 222 Å². The highest BCUT2D eigenvalue weighted by Crippen LogP contribution is 2.39. The molecule has 10 nitrogen and oxygen atoms in total. The van der Waals surface area contributed by atoms with Crippen LogP contribution in [0.4, 0.5) is 0 Å². The van der Waals surface area contributed by atoms with E-state index in [1.807, 2.05) is 63.2 Å². The van der Waals surface area contributed by atoms with Gasteiger partial charge in [0.05, 0.1) is 38.3 Å². The first-order chi connectivity index (χ1) is 18.2. The molecule has 2 amide bonds. The molecule has 0 spiro atoms. The summed E-state index contributed by atoms with van der Waals surface area (Å²) in [5.41, 5.74) is 3.24. The molecule has 0 fully saturated rings. The molecular weight excluding hydrogens is 488 g/mol. The van der Waals surface area contributed by atoms with Crippen LogP contribution >= 0.6 is 0 Å². The summed E-state index contributed by atoms with van der Waals surface area (Å²) in [6, 6.07) is 14.4. The Hall–Kier alpha value is -4.34. The number of hydrogen-bond acceptors (Lipinski definition) is 7. The molecule has 0 aliphatic heterocycles. The molecule has 0 aliphatic carbocycles. The highest BCUT2D eigenvalue weighted by molar-refractivity contribution is 5.95. The van der Waals surface area contributed by atoms with E-state index in [0.717, 1.165) is 11.3 Å². The summed E-state index contributed by atoms with van der Waals surface area (Å²) < 4.78 is 17.4. The second kappa shape index (κ2) is 12.8. The maximum Gasteiger partial charge on any atom is 0.325 e. The van der Waals surface area contributed by atoms with E-state index in [0.29, 0.717) is 22.8 Å². The van der Waals surface area contributed by atoms with Crippen molar-refractivity contribution in [2.24, 2.45) is 5.92 Å². The van der Waals surface area contributed by atoms with E-state index in [1.165, 1.54) is 7.11 Å². The number of carbonyl (C=O) groups is 3. The van der Waals surface area contributed by atoms with Gasteiger partial charge in [-0.3, -0.25) is 14.4 Å². The van der Waals surface area contributed by atoms with Crippen molar-refractivity contribution in [1.82, 2.24) is 20.4 Å². The first-order valence-corrected chi connectivity index (χ1v) is 12.2. The summed E-state index contributed by atoms with van der Waals surface area (Å²) >= 11 is 0. The van der Waals surface area contributed by atoms with Crippen LogP contribution in [0.25, 0.3) is 16.9 Å². The zero-order valence-electron chi connectivity index (χ0n) is 22.5. The van der Waals surface area contributed by atoms with Crippen LogP contribution in [-0.4, -0.2) is 61.5 Å². The van der Waals surface area contributed by atoms with Crippen LogP contribution in [0.2, 0.25) is 0 Å². The SMILES string of the molecule is COC(=O)CNC(=O)CC(NC(=O)c1cc(-c2c(OC)cccc2OC)n(-c2ccc(C)cc2)n1)C(C)C. The smallest absolute Gasteiger partial charge is 0.325 e. The number of aryl methyl sites for hydroxylation is 1. The first kappa shape index (κ1) is 28.2. The van der Waals surface area contributed by atoms with E-state index in [-0.39, 0.29) is 30.5 Å². The number of nitrogens with one attached hydrogen (secondary N) is 2. The van der Waals surface area contributed by atoms with Crippen LogP contribution in [0, 0.1) is 12.8 Å². The lowest BCUT2D eigenvalue weighted by atomic mass is 10.00. The third kappa shape index (κ3) is 6.70. The third-order valence-electron chi connectivity index (χ3n) is 6.09. The molecule has 3 aromatic rings. The molecule has 2 N–H and O–H groups in total. The van der Waals surface area contributed by atoms with Gasteiger partial charge in [-0.15, -0.1) is 0 Å². The summed E-state index contributed by atoms with van der Waals surface area (Å²) in [6.07, 6.45) is -0.00768. The Kier molecular flexibility index (Phi) is 9.48. The van der Waals surface area contributed by atoms with Crippen molar-refractivity contribution >= 4 is 17.8 Å². The van der Waals surface area contributed by atoms with Gasteiger partial charge in [0.15, 0.2) is 5.69 Å². The van der Waals surface area contributed by atoms with Gasteiger partial charge >= 0.3 is 5.97 Å². The molecule has 1 atom stereocenters. The normalized spacial score (nSPS) is 11.6. The molecule has 1 aromatic heterocycles. The largest absolute Gasteiger partial charge is 0.496 e. The van der Waals surface area contributed by atoms with E-state index >= 15 is 0 Å². The maximum absolute atomic E-state index is 13.4. The monoisotopic (exact) mass is 522 g/mol. The first-order valence-electron chi connectivity index (χ1n) is 12.2. The van der Waals surface area contributed by atoms with E-state index in [4.69, 9.17) is 9.47 Å². The van der Waals surface area contributed by atoms with Crippen LogP contribution in [0.15, 0.2) is 48.5 Å². The predicted octanol–water partition coefficient (Wildman–Crippen LogP) is 3.30. The third-order valence-corrected chi connectivity index (χ3v) is 6.09. The topological polar surface area (TPSA) is 121 Å². The molecule has 38 heavy (non-hydrogen) atoms. The predicted molar refractivity (Wildman–Crippen MR) is 143 cm³/mol. The fourth-order valence-electron chi connectivity index (χ4n) is 3.87. The Morgan fingerprint density at radius 1 is 0.974 bits per heavy atom. The maximum atomic E-state index is 13.4. The van der Waals surface area contributed by atoms with Gasteiger partial charge < -0.3 is 24.8 Å². The molecule has 2 aromatic carbocycles. The molecule has 0 saturated carbocycles. The van der Waals surface area contributed by atoms with Crippen molar-refractivity contribution < 1.29 is 28.6 Å². The molecule has 3 rings (SSSR count). The zero-order chi connectivity index (χ0) is 27.8. The molecule has 0 aliphatic rings. The van der Waals surface area contributed by atoms with Gasteiger partial charge in [0.1, 0.15) is 18.0 Å². The fourth-order valence-corrected chi connectivity index (χ4v) is 3.87. The highest BCUT2D eigenvalue weighted by atomic mass is 16.5. The molecule has 0 radical (unpaired) electrons. The van der Waals surface area contributed by atoms with Crippen LogP contribution in [-0.2, 0) is 14.3 Å². The van der Waals surface area contributed by atoms with Crippen molar-refractivity contribution in [3.05, 3.63) is 59.8 Å².